The highest BCUT2D eigenvalue weighted by molar-refractivity contribution is 9.09. The van der Waals surface area contributed by atoms with Crippen LogP contribution in [-0.4, -0.2) is 41.1 Å². The maximum Gasteiger partial charge on any atom is 0.0693 e. The van der Waals surface area contributed by atoms with Crippen molar-refractivity contribution in [2.45, 2.75) is 32.8 Å². The molecule has 0 saturated carbocycles. The molecule has 0 aromatic rings. The summed E-state index contributed by atoms with van der Waals surface area (Å²) in [7, 11) is 0. The predicted molar refractivity (Wildman–Crippen MR) is 63.8 cm³/mol. The van der Waals surface area contributed by atoms with Gasteiger partial charge in [0.25, 0.3) is 0 Å². The molecule has 1 rings (SSSR count). The first kappa shape index (κ1) is 12.5. The fourth-order valence-corrected chi connectivity index (χ4v) is 2.59. The molecular weight excluding hydrogens is 242 g/mol. The SMILES string of the molecule is CCC(CBr)CN1CCC(C)C(O)C1. The highest BCUT2D eigenvalue weighted by Gasteiger charge is 2.25. The van der Waals surface area contributed by atoms with Crippen LogP contribution >= 0.6 is 15.9 Å². The van der Waals surface area contributed by atoms with Gasteiger partial charge < -0.3 is 10.0 Å². The summed E-state index contributed by atoms with van der Waals surface area (Å²) in [5.41, 5.74) is 0. The van der Waals surface area contributed by atoms with E-state index in [0.717, 1.165) is 37.3 Å². The fourth-order valence-electron chi connectivity index (χ4n) is 1.93. The Labute approximate surface area is 95.8 Å². The molecule has 1 aliphatic heterocycles. The number of piperidine rings is 1. The highest BCUT2D eigenvalue weighted by Crippen LogP contribution is 2.19. The molecule has 0 aliphatic carbocycles. The first-order valence-electron chi connectivity index (χ1n) is 5.63. The van der Waals surface area contributed by atoms with Crippen molar-refractivity contribution < 1.29 is 5.11 Å². The van der Waals surface area contributed by atoms with Crippen LogP contribution in [-0.2, 0) is 0 Å². The highest BCUT2D eigenvalue weighted by atomic mass is 79.9. The number of β-amino-alcohol motifs (C(OH)–C–C–N with tert-alkyl or cyclic N) is 1. The number of hydrogen-bond acceptors (Lipinski definition) is 2. The van der Waals surface area contributed by atoms with Gasteiger partial charge in [-0.15, -0.1) is 0 Å². The molecule has 3 atom stereocenters. The molecule has 0 radical (unpaired) electrons. The third kappa shape index (κ3) is 3.52. The van der Waals surface area contributed by atoms with E-state index in [1.165, 1.54) is 6.42 Å². The number of aliphatic hydroxyl groups is 1. The lowest BCUT2D eigenvalue weighted by Gasteiger charge is -2.35. The van der Waals surface area contributed by atoms with Crippen molar-refractivity contribution in [3.8, 4) is 0 Å². The van der Waals surface area contributed by atoms with E-state index in [9.17, 15) is 5.11 Å². The zero-order valence-electron chi connectivity index (χ0n) is 9.25. The summed E-state index contributed by atoms with van der Waals surface area (Å²) in [5.74, 6) is 1.21. The van der Waals surface area contributed by atoms with Gasteiger partial charge in [-0.05, 0) is 24.8 Å². The first-order valence-corrected chi connectivity index (χ1v) is 6.75. The Morgan fingerprint density at radius 2 is 2.29 bits per heavy atom. The third-order valence-corrected chi connectivity index (χ3v) is 4.23. The lowest BCUT2D eigenvalue weighted by atomic mass is 9.95. The second kappa shape index (κ2) is 6.09. The van der Waals surface area contributed by atoms with Gasteiger partial charge in [-0.3, -0.25) is 0 Å². The second-order valence-electron chi connectivity index (χ2n) is 4.52. The van der Waals surface area contributed by atoms with Gasteiger partial charge in [-0.25, -0.2) is 0 Å². The molecule has 14 heavy (non-hydrogen) atoms. The number of aliphatic hydroxyl groups excluding tert-OH is 1. The van der Waals surface area contributed by atoms with Crippen molar-refractivity contribution in [2.24, 2.45) is 11.8 Å². The molecule has 1 aliphatic rings. The summed E-state index contributed by atoms with van der Waals surface area (Å²) in [5, 5.41) is 10.8. The summed E-state index contributed by atoms with van der Waals surface area (Å²) < 4.78 is 0. The third-order valence-electron chi connectivity index (χ3n) is 3.31. The Morgan fingerprint density at radius 1 is 1.57 bits per heavy atom. The van der Waals surface area contributed by atoms with Crippen LogP contribution in [0.5, 0.6) is 0 Å². The maximum absolute atomic E-state index is 9.75. The number of likely N-dealkylation sites (tertiary alicyclic amines) is 1. The van der Waals surface area contributed by atoms with Gasteiger partial charge in [0.15, 0.2) is 0 Å². The van der Waals surface area contributed by atoms with Gasteiger partial charge in [-0.1, -0.05) is 36.2 Å². The summed E-state index contributed by atoms with van der Waals surface area (Å²) in [6, 6.07) is 0. The molecule has 3 heteroatoms. The molecule has 1 saturated heterocycles. The van der Waals surface area contributed by atoms with E-state index in [-0.39, 0.29) is 6.10 Å². The lowest BCUT2D eigenvalue weighted by Crippen LogP contribution is -2.44. The van der Waals surface area contributed by atoms with E-state index in [1.54, 1.807) is 0 Å². The minimum atomic E-state index is -0.114. The minimum Gasteiger partial charge on any atom is -0.392 e. The van der Waals surface area contributed by atoms with E-state index < -0.39 is 0 Å². The molecule has 84 valence electrons. The van der Waals surface area contributed by atoms with Crippen molar-refractivity contribution in [3.05, 3.63) is 0 Å². The monoisotopic (exact) mass is 263 g/mol. The lowest BCUT2D eigenvalue weighted by molar-refractivity contribution is 0.0240. The van der Waals surface area contributed by atoms with Crippen molar-refractivity contribution in [1.29, 1.82) is 0 Å². The van der Waals surface area contributed by atoms with E-state index in [4.69, 9.17) is 0 Å². The van der Waals surface area contributed by atoms with Crippen molar-refractivity contribution in [3.63, 3.8) is 0 Å². The Morgan fingerprint density at radius 3 is 2.79 bits per heavy atom. The Bertz CT molecular complexity index is 161. The summed E-state index contributed by atoms with van der Waals surface area (Å²) in [6.07, 6.45) is 2.24. The van der Waals surface area contributed by atoms with Gasteiger partial charge in [0.2, 0.25) is 0 Å². The van der Waals surface area contributed by atoms with Gasteiger partial charge in [0.1, 0.15) is 0 Å². The quantitative estimate of drug-likeness (QED) is 0.786. The molecule has 0 aromatic heterocycles. The average molecular weight is 264 g/mol. The van der Waals surface area contributed by atoms with Crippen molar-refractivity contribution in [2.75, 3.05) is 25.0 Å². The van der Waals surface area contributed by atoms with Crippen LogP contribution in [0.4, 0.5) is 0 Å². The van der Waals surface area contributed by atoms with Crippen LogP contribution in [0.15, 0.2) is 0 Å². The number of rotatable bonds is 4. The summed E-state index contributed by atoms with van der Waals surface area (Å²) >= 11 is 3.54. The smallest absolute Gasteiger partial charge is 0.0693 e. The number of nitrogens with zero attached hydrogens (tertiary/aromatic N) is 1. The number of hydrogen-bond donors (Lipinski definition) is 1. The van der Waals surface area contributed by atoms with Crippen LogP contribution in [0.3, 0.4) is 0 Å². The van der Waals surface area contributed by atoms with Crippen molar-refractivity contribution >= 4 is 15.9 Å². The van der Waals surface area contributed by atoms with E-state index in [0.29, 0.717) is 5.92 Å². The van der Waals surface area contributed by atoms with Crippen LogP contribution < -0.4 is 0 Å². The molecule has 1 fully saturated rings. The number of halogens is 1. The zero-order valence-corrected chi connectivity index (χ0v) is 10.8. The predicted octanol–water partition coefficient (Wildman–Crippen LogP) is 2.11. The van der Waals surface area contributed by atoms with Crippen LogP contribution in [0.25, 0.3) is 0 Å². The van der Waals surface area contributed by atoms with Gasteiger partial charge in [-0.2, -0.15) is 0 Å². The Kier molecular flexibility index (Phi) is 5.42. The van der Waals surface area contributed by atoms with E-state index in [2.05, 4.69) is 34.7 Å². The fraction of sp³-hybridized carbons (Fsp3) is 1.00. The zero-order chi connectivity index (χ0) is 10.6. The van der Waals surface area contributed by atoms with E-state index >= 15 is 0 Å². The van der Waals surface area contributed by atoms with Crippen LogP contribution in [0, 0.1) is 11.8 Å². The molecule has 1 N–H and O–H groups in total. The molecule has 3 unspecified atom stereocenters. The van der Waals surface area contributed by atoms with Gasteiger partial charge in [0.05, 0.1) is 6.10 Å². The molecule has 0 bridgehead atoms. The topological polar surface area (TPSA) is 23.5 Å². The Balaban J connectivity index is 2.32. The first-order chi connectivity index (χ1) is 6.67. The van der Waals surface area contributed by atoms with Gasteiger partial charge >= 0.3 is 0 Å². The molecule has 1 heterocycles. The van der Waals surface area contributed by atoms with Crippen LogP contribution in [0.1, 0.15) is 26.7 Å². The largest absolute Gasteiger partial charge is 0.392 e. The molecular formula is C11H22BrNO. The Hall–Kier alpha value is 0.400. The average Bonchev–Trinajstić information content (AvgIpc) is 2.19. The van der Waals surface area contributed by atoms with Crippen molar-refractivity contribution in [1.82, 2.24) is 4.90 Å². The summed E-state index contributed by atoms with van der Waals surface area (Å²) in [4.78, 5) is 2.40. The second-order valence-corrected chi connectivity index (χ2v) is 5.17. The molecule has 0 amide bonds. The van der Waals surface area contributed by atoms with Crippen LogP contribution in [0.2, 0.25) is 0 Å². The molecule has 0 aromatic carbocycles. The normalized spacial score (nSPS) is 31.7. The molecule has 0 spiro atoms. The van der Waals surface area contributed by atoms with E-state index in [1.807, 2.05) is 0 Å². The van der Waals surface area contributed by atoms with Gasteiger partial charge in [0, 0.05) is 18.4 Å². The maximum atomic E-state index is 9.75. The minimum absolute atomic E-state index is 0.114. The summed E-state index contributed by atoms with van der Waals surface area (Å²) in [6.45, 7) is 7.52. The standard InChI is InChI=1S/C11H22BrNO/c1-3-10(6-12)7-13-5-4-9(2)11(14)8-13/h9-11,14H,3-8H2,1-2H3. The molecule has 2 nitrogen and oxygen atoms in total. The number of alkyl halides is 1.